The summed E-state index contributed by atoms with van der Waals surface area (Å²) in [5.41, 5.74) is 3.33. The van der Waals surface area contributed by atoms with Gasteiger partial charge >= 0.3 is 0 Å². The van der Waals surface area contributed by atoms with Gasteiger partial charge in [-0.25, -0.2) is 0 Å². The van der Waals surface area contributed by atoms with E-state index in [1.54, 1.807) is 11.8 Å². The Morgan fingerprint density at radius 3 is 2.39 bits per heavy atom. The molecule has 5 heteroatoms. The lowest BCUT2D eigenvalue weighted by molar-refractivity contribution is -0.141. The second kappa shape index (κ2) is 12.1. The summed E-state index contributed by atoms with van der Waals surface area (Å²) < 4.78 is 5.75. The highest BCUT2D eigenvalue weighted by Crippen LogP contribution is 2.15. The van der Waals surface area contributed by atoms with E-state index in [9.17, 15) is 9.59 Å². The molecule has 31 heavy (non-hydrogen) atoms. The third kappa shape index (κ3) is 8.08. The molecule has 0 saturated carbocycles. The molecule has 0 heterocycles. The average molecular weight is 425 g/mol. The van der Waals surface area contributed by atoms with Crippen molar-refractivity contribution in [3.63, 3.8) is 0 Å². The SMILES string of the molecule is CC[C@H](C)NC(=O)[C@H](C)N(Cc1cccc(C)c1)C(=O)CCCOc1ccc(C)cc1. The number of aryl methyl sites for hydroxylation is 2. The van der Waals surface area contributed by atoms with Gasteiger partial charge < -0.3 is 15.0 Å². The maximum atomic E-state index is 13.1. The predicted molar refractivity (Wildman–Crippen MR) is 125 cm³/mol. The third-order valence-electron chi connectivity index (χ3n) is 5.43. The van der Waals surface area contributed by atoms with E-state index in [4.69, 9.17) is 4.74 Å². The van der Waals surface area contributed by atoms with Crippen LogP contribution in [0.4, 0.5) is 0 Å². The number of hydrogen-bond donors (Lipinski definition) is 1. The molecule has 0 aliphatic rings. The van der Waals surface area contributed by atoms with Gasteiger partial charge in [-0.15, -0.1) is 0 Å². The fourth-order valence-electron chi connectivity index (χ4n) is 3.25. The lowest BCUT2D eigenvalue weighted by Crippen LogP contribution is -2.49. The molecular formula is C26H36N2O3. The molecule has 2 atom stereocenters. The van der Waals surface area contributed by atoms with Crippen LogP contribution in [0.15, 0.2) is 48.5 Å². The maximum absolute atomic E-state index is 13.1. The van der Waals surface area contributed by atoms with E-state index in [-0.39, 0.29) is 17.9 Å². The van der Waals surface area contributed by atoms with Crippen LogP contribution in [0.25, 0.3) is 0 Å². The minimum atomic E-state index is -0.542. The van der Waals surface area contributed by atoms with Gasteiger partial charge in [-0.3, -0.25) is 9.59 Å². The summed E-state index contributed by atoms with van der Waals surface area (Å²) in [6, 6.07) is 15.5. The minimum Gasteiger partial charge on any atom is -0.494 e. The van der Waals surface area contributed by atoms with Crippen LogP contribution in [0.2, 0.25) is 0 Å². The van der Waals surface area contributed by atoms with Gasteiger partial charge in [0.25, 0.3) is 0 Å². The van der Waals surface area contributed by atoms with E-state index in [0.29, 0.717) is 26.0 Å². The number of carbonyl (C=O) groups excluding carboxylic acids is 2. The standard InChI is InChI=1S/C26H36N2O3/c1-6-21(4)27-26(30)22(5)28(18-23-10-7-9-20(3)17-23)25(29)11-8-16-31-24-14-12-19(2)13-15-24/h7,9-10,12-15,17,21-22H,6,8,11,16,18H2,1-5H3,(H,27,30)/t21-,22-/m0/s1. The molecule has 5 nitrogen and oxygen atoms in total. The Morgan fingerprint density at radius 2 is 1.74 bits per heavy atom. The van der Waals surface area contributed by atoms with Crippen LogP contribution in [0, 0.1) is 13.8 Å². The number of nitrogens with zero attached hydrogens (tertiary/aromatic N) is 1. The minimum absolute atomic E-state index is 0.0409. The molecule has 0 aliphatic heterocycles. The van der Waals surface area contributed by atoms with Crippen molar-refractivity contribution in [2.24, 2.45) is 0 Å². The molecule has 168 valence electrons. The zero-order valence-corrected chi connectivity index (χ0v) is 19.5. The Labute approximate surface area is 186 Å². The summed E-state index contributed by atoms with van der Waals surface area (Å²) in [5, 5.41) is 3.00. The van der Waals surface area contributed by atoms with Crippen molar-refractivity contribution in [1.29, 1.82) is 0 Å². The number of benzene rings is 2. The molecule has 2 aromatic carbocycles. The summed E-state index contributed by atoms with van der Waals surface area (Å²) >= 11 is 0. The lowest BCUT2D eigenvalue weighted by Gasteiger charge is -2.30. The van der Waals surface area contributed by atoms with Gasteiger partial charge in [0, 0.05) is 19.0 Å². The Hall–Kier alpha value is -2.82. The summed E-state index contributed by atoms with van der Waals surface area (Å²) in [6.07, 6.45) is 1.77. The molecule has 0 radical (unpaired) electrons. The molecule has 1 N–H and O–H groups in total. The van der Waals surface area contributed by atoms with Gasteiger partial charge in [-0.1, -0.05) is 54.4 Å². The molecule has 0 unspecified atom stereocenters. The fourth-order valence-corrected chi connectivity index (χ4v) is 3.25. The first-order valence-corrected chi connectivity index (χ1v) is 11.1. The van der Waals surface area contributed by atoms with E-state index < -0.39 is 6.04 Å². The first-order chi connectivity index (χ1) is 14.8. The van der Waals surface area contributed by atoms with E-state index >= 15 is 0 Å². The number of carbonyl (C=O) groups is 2. The summed E-state index contributed by atoms with van der Waals surface area (Å²) in [5.74, 6) is 0.642. The highest BCUT2D eigenvalue weighted by atomic mass is 16.5. The third-order valence-corrected chi connectivity index (χ3v) is 5.43. The number of nitrogens with one attached hydrogen (secondary N) is 1. The van der Waals surface area contributed by atoms with Crippen molar-refractivity contribution in [2.45, 2.75) is 72.5 Å². The smallest absolute Gasteiger partial charge is 0.242 e. The van der Waals surface area contributed by atoms with E-state index in [0.717, 1.165) is 23.3 Å². The molecule has 2 rings (SSSR count). The topological polar surface area (TPSA) is 58.6 Å². The summed E-state index contributed by atoms with van der Waals surface area (Å²) in [4.78, 5) is 27.5. The first-order valence-electron chi connectivity index (χ1n) is 11.1. The van der Waals surface area contributed by atoms with Crippen LogP contribution in [-0.4, -0.2) is 35.4 Å². The molecule has 0 saturated heterocycles. The number of ether oxygens (including phenoxy) is 1. The maximum Gasteiger partial charge on any atom is 0.242 e. The van der Waals surface area contributed by atoms with Gasteiger partial charge in [-0.05, 0) is 58.2 Å². The number of rotatable bonds is 11. The molecule has 0 bridgehead atoms. The van der Waals surface area contributed by atoms with Crippen molar-refractivity contribution in [3.8, 4) is 5.75 Å². The molecule has 0 fully saturated rings. The Balaban J connectivity index is 2.00. The summed E-state index contributed by atoms with van der Waals surface area (Å²) in [7, 11) is 0. The number of hydrogen-bond acceptors (Lipinski definition) is 3. The molecule has 2 amide bonds. The van der Waals surface area contributed by atoms with Crippen LogP contribution in [0.3, 0.4) is 0 Å². The van der Waals surface area contributed by atoms with Crippen molar-refractivity contribution >= 4 is 11.8 Å². The molecule has 0 aliphatic carbocycles. The average Bonchev–Trinajstić information content (AvgIpc) is 2.75. The molecule has 2 aromatic rings. The van der Waals surface area contributed by atoms with Gasteiger partial charge in [0.2, 0.25) is 11.8 Å². The fraction of sp³-hybridized carbons (Fsp3) is 0.462. The van der Waals surface area contributed by atoms with Gasteiger partial charge in [0.05, 0.1) is 6.61 Å². The van der Waals surface area contributed by atoms with E-state index in [1.165, 1.54) is 5.56 Å². The van der Waals surface area contributed by atoms with Crippen molar-refractivity contribution in [2.75, 3.05) is 6.61 Å². The van der Waals surface area contributed by atoms with Gasteiger partial charge in [0.1, 0.15) is 11.8 Å². The normalized spacial score (nSPS) is 12.7. The highest BCUT2D eigenvalue weighted by molar-refractivity contribution is 5.87. The quantitative estimate of drug-likeness (QED) is 0.528. The van der Waals surface area contributed by atoms with Crippen LogP contribution < -0.4 is 10.1 Å². The monoisotopic (exact) mass is 424 g/mol. The Bertz CT molecular complexity index is 848. The molecule has 0 spiro atoms. The second-order valence-electron chi connectivity index (χ2n) is 8.27. The molecular weight excluding hydrogens is 388 g/mol. The zero-order valence-electron chi connectivity index (χ0n) is 19.5. The Kier molecular flexibility index (Phi) is 9.57. The van der Waals surface area contributed by atoms with Gasteiger partial charge in [0.15, 0.2) is 0 Å². The second-order valence-corrected chi connectivity index (χ2v) is 8.27. The van der Waals surface area contributed by atoms with Crippen LogP contribution in [0.1, 0.15) is 56.7 Å². The van der Waals surface area contributed by atoms with E-state index in [1.807, 2.05) is 70.2 Å². The van der Waals surface area contributed by atoms with Crippen molar-refractivity contribution in [1.82, 2.24) is 10.2 Å². The molecule has 0 aromatic heterocycles. The van der Waals surface area contributed by atoms with Crippen LogP contribution in [0.5, 0.6) is 5.75 Å². The van der Waals surface area contributed by atoms with Crippen molar-refractivity contribution in [3.05, 3.63) is 65.2 Å². The predicted octanol–water partition coefficient (Wildman–Crippen LogP) is 4.79. The highest BCUT2D eigenvalue weighted by Gasteiger charge is 2.26. The van der Waals surface area contributed by atoms with Crippen LogP contribution >= 0.6 is 0 Å². The van der Waals surface area contributed by atoms with Crippen LogP contribution in [-0.2, 0) is 16.1 Å². The largest absolute Gasteiger partial charge is 0.494 e. The lowest BCUT2D eigenvalue weighted by atomic mass is 10.1. The zero-order chi connectivity index (χ0) is 22.8. The Morgan fingerprint density at radius 1 is 1.03 bits per heavy atom. The van der Waals surface area contributed by atoms with Gasteiger partial charge in [-0.2, -0.15) is 0 Å². The van der Waals surface area contributed by atoms with E-state index in [2.05, 4.69) is 11.4 Å². The summed E-state index contributed by atoms with van der Waals surface area (Å²) in [6.45, 7) is 10.7. The van der Waals surface area contributed by atoms with Crippen molar-refractivity contribution < 1.29 is 14.3 Å². The first kappa shape index (κ1) is 24.4. The number of amides is 2.